The predicted octanol–water partition coefficient (Wildman–Crippen LogP) is 2.88. The zero-order chi connectivity index (χ0) is 11.9. The molecular weight excluding hydrogens is 240 g/mol. The molecule has 0 amide bonds. The maximum Gasteiger partial charge on any atom is 0.0470 e. The summed E-state index contributed by atoms with van der Waals surface area (Å²) < 4.78 is 0. The monoisotopic (exact) mass is 262 g/mol. The molecule has 4 rings (SSSR count). The van der Waals surface area contributed by atoms with Gasteiger partial charge in [0.25, 0.3) is 0 Å². The molecule has 1 aromatic heterocycles. The van der Waals surface area contributed by atoms with Gasteiger partial charge in [0.2, 0.25) is 0 Å². The van der Waals surface area contributed by atoms with Crippen LogP contribution in [0.3, 0.4) is 0 Å². The molecule has 3 aliphatic rings. The first kappa shape index (κ1) is 11.4. The number of nitrogens with one attached hydrogen (secondary N) is 1. The number of piperidine rings is 1. The second kappa shape index (κ2) is 4.62. The SMILES string of the molecule is c1csc(C(C2CC2)N2C[C@@H]3CCCN[C@@H]3C2)c1. The number of thiophene rings is 1. The lowest BCUT2D eigenvalue weighted by atomic mass is 9.94. The van der Waals surface area contributed by atoms with Crippen LogP contribution in [-0.2, 0) is 0 Å². The van der Waals surface area contributed by atoms with E-state index < -0.39 is 0 Å². The number of hydrogen-bond donors (Lipinski definition) is 1. The highest BCUT2D eigenvalue weighted by molar-refractivity contribution is 7.10. The largest absolute Gasteiger partial charge is 0.312 e. The third-order valence-corrected chi connectivity index (χ3v) is 5.87. The Morgan fingerprint density at radius 3 is 2.94 bits per heavy atom. The second-order valence-electron chi connectivity index (χ2n) is 6.21. The van der Waals surface area contributed by atoms with Crippen molar-refractivity contribution in [3.05, 3.63) is 22.4 Å². The van der Waals surface area contributed by atoms with Gasteiger partial charge in [-0.1, -0.05) is 6.07 Å². The molecule has 1 aromatic rings. The molecule has 98 valence electrons. The van der Waals surface area contributed by atoms with E-state index in [1.165, 1.54) is 45.3 Å². The molecule has 3 heterocycles. The molecule has 2 saturated heterocycles. The van der Waals surface area contributed by atoms with Crippen LogP contribution in [0.15, 0.2) is 17.5 Å². The van der Waals surface area contributed by atoms with Crippen molar-refractivity contribution in [2.45, 2.75) is 37.8 Å². The average Bonchev–Trinajstić information content (AvgIpc) is 2.92. The van der Waals surface area contributed by atoms with Crippen LogP contribution >= 0.6 is 11.3 Å². The molecule has 2 nitrogen and oxygen atoms in total. The molecule has 0 radical (unpaired) electrons. The van der Waals surface area contributed by atoms with Gasteiger partial charge in [-0.3, -0.25) is 4.90 Å². The van der Waals surface area contributed by atoms with E-state index in [9.17, 15) is 0 Å². The molecule has 3 heteroatoms. The van der Waals surface area contributed by atoms with Gasteiger partial charge in [0.1, 0.15) is 0 Å². The van der Waals surface area contributed by atoms with E-state index in [0.29, 0.717) is 0 Å². The first-order chi connectivity index (χ1) is 8.92. The van der Waals surface area contributed by atoms with Gasteiger partial charge < -0.3 is 5.32 Å². The van der Waals surface area contributed by atoms with Crippen LogP contribution in [0.5, 0.6) is 0 Å². The molecule has 0 spiro atoms. The van der Waals surface area contributed by atoms with Crippen LogP contribution in [-0.4, -0.2) is 30.6 Å². The number of hydrogen-bond acceptors (Lipinski definition) is 3. The van der Waals surface area contributed by atoms with E-state index in [2.05, 4.69) is 27.7 Å². The minimum absolute atomic E-state index is 0.734. The number of nitrogens with zero attached hydrogens (tertiary/aromatic N) is 1. The van der Waals surface area contributed by atoms with Crippen LogP contribution in [0.2, 0.25) is 0 Å². The summed E-state index contributed by atoms with van der Waals surface area (Å²) in [6, 6.07) is 6.08. The fraction of sp³-hybridized carbons (Fsp3) is 0.733. The predicted molar refractivity (Wildman–Crippen MR) is 75.9 cm³/mol. The molecule has 1 saturated carbocycles. The van der Waals surface area contributed by atoms with Gasteiger partial charge in [-0.2, -0.15) is 0 Å². The van der Waals surface area contributed by atoms with Crippen molar-refractivity contribution in [2.24, 2.45) is 11.8 Å². The lowest BCUT2D eigenvalue weighted by molar-refractivity contribution is 0.214. The van der Waals surface area contributed by atoms with Crippen LogP contribution in [0.4, 0.5) is 0 Å². The zero-order valence-corrected chi connectivity index (χ0v) is 11.7. The Kier molecular flexibility index (Phi) is 2.94. The summed E-state index contributed by atoms with van der Waals surface area (Å²) in [6.45, 7) is 3.85. The van der Waals surface area contributed by atoms with Crippen LogP contribution in [0.1, 0.15) is 36.6 Å². The lowest BCUT2D eigenvalue weighted by Crippen LogP contribution is -2.40. The van der Waals surface area contributed by atoms with E-state index >= 15 is 0 Å². The zero-order valence-electron chi connectivity index (χ0n) is 10.8. The summed E-state index contributed by atoms with van der Waals surface area (Å²) in [7, 11) is 0. The first-order valence-electron chi connectivity index (χ1n) is 7.42. The van der Waals surface area contributed by atoms with Gasteiger partial charge in [0, 0.05) is 30.1 Å². The number of likely N-dealkylation sites (tertiary alicyclic amines) is 1. The molecule has 18 heavy (non-hydrogen) atoms. The van der Waals surface area contributed by atoms with E-state index in [1.54, 1.807) is 4.88 Å². The van der Waals surface area contributed by atoms with Crippen molar-refractivity contribution in [3.63, 3.8) is 0 Å². The Bertz CT molecular complexity index is 385. The van der Waals surface area contributed by atoms with Crippen molar-refractivity contribution in [3.8, 4) is 0 Å². The summed E-state index contributed by atoms with van der Waals surface area (Å²) in [4.78, 5) is 4.40. The van der Waals surface area contributed by atoms with Gasteiger partial charge in [-0.15, -0.1) is 11.3 Å². The normalized spacial score (nSPS) is 34.4. The Morgan fingerprint density at radius 1 is 1.28 bits per heavy atom. The van der Waals surface area contributed by atoms with Crippen molar-refractivity contribution >= 4 is 11.3 Å². The highest BCUT2D eigenvalue weighted by Gasteiger charge is 2.43. The van der Waals surface area contributed by atoms with Gasteiger partial charge in [0.15, 0.2) is 0 Å². The van der Waals surface area contributed by atoms with Crippen LogP contribution in [0, 0.1) is 11.8 Å². The Hall–Kier alpha value is -0.380. The smallest absolute Gasteiger partial charge is 0.0470 e. The highest BCUT2D eigenvalue weighted by atomic mass is 32.1. The average molecular weight is 262 g/mol. The topological polar surface area (TPSA) is 15.3 Å². The van der Waals surface area contributed by atoms with Crippen molar-refractivity contribution in [1.82, 2.24) is 10.2 Å². The van der Waals surface area contributed by atoms with E-state index in [-0.39, 0.29) is 0 Å². The highest BCUT2D eigenvalue weighted by Crippen LogP contribution is 2.47. The van der Waals surface area contributed by atoms with E-state index in [4.69, 9.17) is 0 Å². The van der Waals surface area contributed by atoms with Gasteiger partial charge in [0.05, 0.1) is 0 Å². The maximum absolute atomic E-state index is 3.73. The third-order valence-electron chi connectivity index (χ3n) is 4.92. The maximum atomic E-state index is 3.73. The van der Waals surface area contributed by atoms with Crippen LogP contribution < -0.4 is 5.32 Å². The second-order valence-corrected chi connectivity index (χ2v) is 7.19. The molecule has 2 aliphatic heterocycles. The molecular formula is C15H22N2S. The molecule has 0 aromatic carbocycles. The van der Waals surface area contributed by atoms with E-state index in [0.717, 1.165) is 23.9 Å². The minimum atomic E-state index is 0.734. The number of rotatable bonds is 3. The van der Waals surface area contributed by atoms with Gasteiger partial charge in [-0.05, 0) is 55.5 Å². The molecule has 1 unspecified atom stereocenters. The van der Waals surface area contributed by atoms with Gasteiger partial charge >= 0.3 is 0 Å². The lowest BCUT2D eigenvalue weighted by Gasteiger charge is -2.27. The standard InChI is InChI=1S/C15H22N2S/c1-3-12-9-17(10-13(12)16-7-1)15(11-5-6-11)14-4-2-8-18-14/h2,4,8,11-13,15-16H,1,3,5-7,9-10H2/t12-,13+,15?/m0/s1. The fourth-order valence-electron chi connectivity index (χ4n) is 3.89. The molecule has 1 N–H and O–H groups in total. The molecule has 0 bridgehead atoms. The summed E-state index contributed by atoms with van der Waals surface area (Å²) in [5.74, 6) is 1.86. The first-order valence-corrected chi connectivity index (χ1v) is 8.30. The Labute approximate surface area is 113 Å². The molecule has 1 aliphatic carbocycles. The molecule has 3 fully saturated rings. The fourth-order valence-corrected chi connectivity index (χ4v) is 4.84. The summed E-state index contributed by atoms with van der Waals surface area (Å²) in [5.41, 5.74) is 0. The van der Waals surface area contributed by atoms with Crippen molar-refractivity contribution < 1.29 is 0 Å². The van der Waals surface area contributed by atoms with Crippen molar-refractivity contribution in [1.29, 1.82) is 0 Å². The van der Waals surface area contributed by atoms with Crippen LogP contribution in [0.25, 0.3) is 0 Å². The Morgan fingerprint density at radius 2 is 2.22 bits per heavy atom. The van der Waals surface area contributed by atoms with E-state index in [1.807, 2.05) is 11.3 Å². The minimum Gasteiger partial charge on any atom is -0.312 e. The quantitative estimate of drug-likeness (QED) is 0.901. The summed E-state index contributed by atoms with van der Waals surface area (Å²) >= 11 is 1.96. The molecule has 3 atom stereocenters. The Balaban J connectivity index is 1.54. The van der Waals surface area contributed by atoms with Gasteiger partial charge in [-0.25, -0.2) is 0 Å². The van der Waals surface area contributed by atoms with Crippen molar-refractivity contribution in [2.75, 3.05) is 19.6 Å². The number of fused-ring (bicyclic) bond motifs is 1. The summed E-state index contributed by atoms with van der Waals surface area (Å²) in [5, 5.41) is 5.97. The summed E-state index contributed by atoms with van der Waals surface area (Å²) in [6.07, 6.45) is 5.71. The third kappa shape index (κ3) is 2.02.